The molecule has 1 saturated heterocycles. The molecule has 1 heterocycles. The van der Waals surface area contributed by atoms with Crippen LogP contribution in [0.5, 0.6) is 5.75 Å². The van der Waals surface area contributed by atoms with Crippen LogP contribution in [0.1, 0.15) is 51.7 Å². The minimum Gasteiger partial charge on any atom is -0.496 e. The quantitative estimate of drug-likeness (QED) is 0.902. The van der Waals surface area contributed by atoms with Crippen molar-refractivity contribution in [1.82, 2.24) is 0 Å². The first-order chi connectivity index (χ1) is 9.10. The van der Waals surface area contributed by atoms with Crippen LogP contribution in [0, 0.1) is 0 Å². The molecule has 1 N–H and O–H groups in total. The molecular formula is C16H25NO2. The van der Waals surface area contributed by atoms with E-state index < -0.39 is 6.10 Å². The molecule has 3 nitrogen and oxygen atoms in total. The number of benzene rings is 1. The van der Waals surface area contributed by atoms with E-state index in [4.69, 9.17) is 4.74 Å². The summed E-state index contributed by atoms with van der Waals surface area (Å²) in [5.74, 6) is 0.779. The molecule has 0 aromatic heterocycles. The highest BCUT2D eigenvalue weighted by atomic mass is 16.5. The third-order valence-corrected chi connectivity index (χ3v) is 4.22. The lowest BCUT2D eigenvalue weighted by molar-refractivity contribution is 0.194. The molecule has 3 atom stereocenters. The molecule has 0 amide bonds. The van der Waals surface area contributed by atoms with Crippen LogP contribution >= 0.6 is 0 Å². The lowest BCUT2D eigenvalue weighted by Gasteiger charge is -2.33. The van der Waals surface area contributed by atoms with E-state index in [0.29, 0.717) is 12.1 Å². The van der Waals surface area contributed by atoms with Gasteiger partial charge in [0.25, 0.3) is 0 Å². The van der Waals surface area contributed by atoms with Gasteiger partial charge in [0.05, 0.1) is 13.2 Å². The van der Waals surface area contributed by atoms with E-state index in [2.05, 4.69) is 24.8 Å². The van der Waals surface area contributed by atoms with Gasteiger partial charge in [-0.2, -0.15) is 0 Å². The Kier molecular flexibility index (Phi) is 4.35. The Morgan fingerprint density at radius 1 is 1.42 bits per heavy atom. The highest BCUT2D eigenvalue weighted by molar-refractivity contribution is 5.62. The first kappa shape index (κ1) is 14.2. The number of ether oxygens (including phenoxy) is 1. The van der Waals surface area contributed by atoms with Crippen molar-refractivity contribution in [3.05, 3.63) is 23.8 Å². The molecule has 1 aliphatic heterocycles. The minimum absolute atomic E-state index is 0.517. The second-order valence-electron chi connectivity index (χ2n) is 5.46. The third-order valence-electron chi connectivity index (χ3n) is 4.22. The molecule has 1 fully saturated rings. The van der Waals surface area contributed by atoms with E-state index >= 15 is 0 Å². The fourth-order valence-electron chi connectivity index (χ4n) is 3.26. The molecule has 3 unspecified atom stereocenters. The first-order valence-corrected chi connectivity index (χ1v) is 7.23. The monoisotopic (exact) mass is 263 g/mol. The van der Waals surface area contributed by atoms with Gasteiger partial charge in [-0.25, -0.2) is 0 Å². The molecule has 1 aromatic rings. The van der Waals surface area contributed by atoms with Gasteiger partial charge in [0.1, 0.15) is 5.75 Å². The number of aliphatic hydroxyl groups excluding tert-OH is 1. The van der Waals surface area contributed by atoms with Gasteiger partial charge in [0.2, 0.25) is 0 Å². The summed E-state index contributed by atoms with van der Waals surface area (Å²) in [5.41, 5.74) is 2.04. The molecule has 1 aromatic carbocycles. The van der Waals surface area contributed by atoms with Crippen molar-refractivity contribution in [2.45, 2.75) is 58.2 Å². The van der Waals surface area contributed by atoms with Crippen molar-refractivity contribution in [2.75, 3.05) is 12.0 Å². The average Bonchev–Trinajstić information content (AvgIpc) is 2.78. The molecule has 1 aliphatic rings. The lowest BCUT2D eigenvalue weighted by Crippen LogP contribution is -2.35. The summed E-state index contributed by atoms with van der Waals surface area (Å²) < 4.78 is 5.42. The van der Waals surface area contributed by atoms with E-state index in [1.807, 2.05) is 19.1 Å². The summed E-state index contributed by atoms with van der Waals surface area (Å²) in [6.45, 7) is 6.31. The van der Waals surface area contributed by atoms with Crippen LogP contribution in [0.15, 0.2) is 18.2 Å². The molecule has 3 heteroatoms. The van der Waals surface area contributed by atoms with Gasteiger partial charge in [-0.3, -0.25) is 0 Å². The van der Waals surface area contributed by atoms with Gasteiger partial charge in [0.15, 0.2) is 0 Å². The number of rotatable bonds is 4. The maximum atomic E-state index is 10.1. The van der Waals surface area contributed by atoms with Crippen molar-refractivity contribution < 1.29 is 9.84 Å². The minimum atomic E-state index is -0.517. The summed E-state index contributed by atoms with van der Waals surface area (Å²) in [6.07, 6.45) is 3.07. The van der Waals surface area contributed by atoms with Crippen molar-refractivity contribution in [2.24, 2.45) is 0 Å². The molecule has 2 rings (SSSR count). The van der Waals surface area contributed by atoms with Gasteiger partial charge in [0, 0.05) is 23.3 Å². The normalized spacial score (nSPS) is 24.6. The second kappa shape index (κ2) is 5.83. The predicted octanol–water partition coefficient (Wildman–Crippen LogP) is 3.52. The van der Waals surface area contributed by atoms with Gasteiger partial charge in [-0.15, -0.1) is 0 Å². The Bertz CT molecular complexity index is 431. The largest absolute Gasteiger partial charge is 0.496 e. The number of hydrogen-bond donors (Lipinski definition) is 1. The van der Waals surface area contributed by atoms with E-state index in [-0.39, 0.29) is 0 Å². The SMILES string of the molecule is CCC1CCC(C)N1c1cccc(OC)c1C(C)O. The zero-order valence-electron chi connectivity index (χ0n) is 12.4. The summed E-state index contributed by atoms with van der Waals surface area (Å²) in [6, 6.07) is 7.13. The maximum absolute atomic E-state index is 10.1. The fourth-order valence-corrected chi connectivity index (χ4v) is 3.26. The number of nitrogens with zero attached hydrogens (tertiary/aromatic N) is 1. The average molecular weight is 263 g/mol. The zero-order chi connectivity index (χ0) is 14.0. The van der Waals surface area contributed by atoms with Crippen LogP contribution in [0.2, 0.25) is 0 Å². The number of methoxy groups -OCH3 is 1. The van der Waals surface area contributed by atoms with Gasteiger partial charge in [-0.1, -0.05) is 13.0 Å². The molecule has 0 saturated carbocycles. The van der Waals surface area contributed by atoms with Crippen molar-refractivity contribution >= 4 is 5.69 Å². The van der Waals surface area contributed by atoms with Crippen LogP contribution in [0.4, 0.5) is 5.69 Å². The number of hydrogen-bond acceptors (Lipinski definition) is 3. The highest BCUT2D eigenvalue weighted by Crippen LogP contribution is 2.40. The van der Waals surface area contributed by atoms with E-state index in [1.54, 1.807) is 7.11 Å². The summed E-state index contributed by atoms with van der Waals surface area (Å²) in [4.78, 5) is 2.46. The van der Waals surface area contributed by atoms with Crippen LogP contribution in [0.25, 0.3) is 0 Å². The summed E-state index contributed by atoms with van der Waals surface area (Å²) in [5, 5.41) is 10.1. The zero-order valence-corrected chi connectivity index (χ0v) is 12.4. The topological polar surface area (TPSA) is 32.7 Å². The molecule has 0 aliphatic carbocycles. The Morgan fingerprint density at radius 3 is 2.74 bits per heavy atom. The van der Waals surface area contributed by atoms with E-state index in [1.165, 1.54) is 12.8 Å². The fraction of sp³-hybridized carbons (Fsp3) is 0.625. The van der Waals surface area contributed by atoms with Crippen LogP contribution < -0.4 is 9.64 Å². The molecule has 0 spiro atoms. The Balaban J connectivity index is 2.49. The molecule has 19 heavy (non-hydrogen) atoms. The lowest BCUT2D eigenvalue weighted by atomic mass is 10.0. The molecule has 0 bridgehead atoms. The Labute approximate surface area is 116 Å². The third kappa shape index (κ3) is 2.57. The Hall–Kier alpha value is -1.22. The Morgan fingerprint density at radius 2 is 2.16 bits per heavy atom. The number of anilines is 1. The second-order valence-corrected chi connectivity index (χ2v) is 5.46. The van der Waals surface area contributed by atoms with Crippen molar-refractivity contribution in [3.8, 4) is 5.75 Å². The maximum Gasteiger partial charge on any atom is 0.126 e. The smallest absolute Gasteiger partial charge is 0.126 e. The molecular weight excluding hydrogens is 238 g/mol. The number of aliphatic hydroxyl groups is 1. The van der Waals surface area contributed by atoms with Crippen molar-refractivity contribution in [3.63, 3.8) is 0 Å². The van der Waals surface area contributed by atoms with Gasteiger partial charge in [-0.05, 0) is 45.2 Å². The molecule has 0 radical (unpaired) electrons. The molecule has 106 valence electrons. The summed E-state index contributed by atoms with van der Waals surface area (Å²) in [7, 11) is 1.66. The van der Waals surface area contributed by atoms with Crippen molar-refractivity contribution in [1.29, 1.82) is 0 Å². The first-order valence-electron chi connectivity index (χ1n) is 7.23. The predicted molar refractivity (Wildman–Crippen MR) is 78.9 cm³/mol. The van der Waals surface area contributed by atoms with E-state index in [0.717, 1.165) is 23.4 Å². The van der Waals surface area contributed by atoms with E-state index in [9.17, 15) is 5.11 Å². The summed E-state index contributed by atoms with van der Waals surface area (Å²) >= 11 is 0. The van der Waals surface area contributed by atoms with Crippen LogP contribution in [0.3, 0.4) is 0 Å². The van der Waals surface area contributed by atoms with Gasteiger partial charge < -0.3 is 14.7 Å². The van der Waals surface area contributed by atoms with Crippen LogP contribution in [-0.2, 0) is 0 Å². The highest BCUT2D eigenvalue weighted by Gasteiger charge is 2.32. The van der Waals surface area contributed by atoms with Crippen LogP contribution in [-0.4, -0.2) is 24.3 Å². The standard InChI is InChI=1S/C16H25NO2/c1-5-13-10-9-11(2)17(13)14-7-6-8-15(19-4)16(14)12(3)18/h6-8,11-13,18H,5,9-10H2,1-4H3. The van der Waals surface area contributed by atoms with Gasteiger partial charge >= 0.3 is 0 Å².